The quantitative estimate of drug-likeness (QED) is 0.386. The number of carbonyl (C=O) groups excluding carboxylic acids is 1. The highest BCUT2D eigenvalue weighted by Crippen LogP contribution is 2.30. The Morgan fingerprint density at radius 2 is 1.75 bits per heavy atom. The first-order valence-corrected chi connectivity index (χ1v) is 11.8. The van der Waals surface area contributed by atoms with Crippen LogP contribution in [-0.4, -0.2) is 15.5 Å². The van der Waals surface area contributed by atoms with E-state index >= 15 is 0 Å². The van der Waals surface area contributed by atoms with E-state index in [1.165, 1.54) is 22.2 Å². The summed E-state index contributed by atoms with van der Waals surface area (Å²) < 4.78 is 1.37. The van der Waals surface area contributed by atoms with Gasteiger partial charge in [0, 0.05) is 9.75 Å². The molecule has 7 heteroatoms. The molecule has 1 N–H and O–H groups in total. The van der Waals surface area contributed by atoms with Crippen molar-refractivity contribution in [3.8, 4) is 10.4 Å². The summed E-state index contributed by atoms with van der Waals surface area (Å²) in [5.74, 6) is -0.242. The van der Waals surface area contributed by atoms with Crippen molar-refractivity contribution in [2.75, 3.05) is 0 Å². The number of fused-ring (bicyclic) bond motifs is 1. The summed E-state index contributed by atoms with van der Waals surface area (Å²) in [6.07, 6.45) is 1.46. The average molecular weight is 458 g/mol. The fourth-order valence-corrected chi connectivity index (χ4v) is 5.40. The molecule has 5 nitrogen and oxygen atoms in total. The first-order valence-electron chi connectivity index (χ1n) is 10.1. The molecule has 2 aromatic carbocycles. The molecule has 0 spiro atoms. The lowest BCUT2D eigenvalue weighted by Crippen LogP contribution is -2.35. The van der Waals surface area contributed by atoms with Gasteiger partial charge in [-0.05, 0) is 28.6 Å². The van der Waals surface area contributed by atoms with Gasteiger partial charge >= 0.3 is 0 Å². The summed E-state index contributed by atoms with van der Waals surface area (Å²) in [7, 11) is 0. The van der Waals surface area contributed by atoms with Crippen molar-refractivity contribution in [1.82, 2.24) is 14.9 Å². The SMILES string of the molecule is O=C(Cn1cnc2sc(-c3ccccc3)cc2c1=O)NC(c1ccccc1)c1cccs1. The van der Waals surface area contributed by atoms with Gasteiger partial charge in [-0.2, -0.15) is 0 Å². The maximum absolute atomic E-state index is 13.0. The molecule has 0 aliphatic heterocycles. The van der Waals surface area contributed by atoms with Crippen LogP contribution in [0.15, 0.2) is 95.4 Å². The summed E-state index contributed by atoms with van der Waals surface area (Å²) in [6.45, 7) is -0.0903. The third-order valence-corrected chi connectivity index (χ3v) is 7.19. The number of rotatable bonds is 6. The summed E-state index contributed by atoms with van der Waals surface area (Å²) in [5.41, 5.74) is 1.83. The molecule has 0 fully saturated rings. The molecule has 1 atom stereocenters. The molecule has 3 aromatic heterocycles. The molecule has 5 aromatic rings. The second-order valence-corrected chi connectivity index (χ2v) is 9.31. The molecular weight excluding hydrogens is 438 g/mol. The van der Waals surface area contributed by atoms with Crippen LogP contribution in [0.1, 0.15) is 16.5 Å². The Bertz CT molecular complexity index is 1410. The second kappa shape index (κ2) is 8.90. The Balaban J connectivity index is 1.40. The molecule has 0 radical (unpaired) electrons. The van der Waals surface area contributed by atoms with Gasteiger partial charge in [0.05, 0.1) is 17.8 Å². The predicted octanol–water partition coefficient (Wildman–Crippen LogP) is 5.09. The monoisotopic (exact) mass is 457 g/mol. The number of thiophene rings is 2. The van der Waals surface area contributed by atoms with E-state index in [4.69, 9.17) is 0 Å². The lowest BCUT2D eigenvalue weighted by molar-refractivity contribution is -0.122. The number of carbonyl (C=O) groups is 1. The van der Waals surface area contributed by atoms with E-state index in [2.05, 4.69) is 10.3 Å². The largest absolute Gasteiger partial charge is 0.343 e. The van der Waals surface area contributed by atoms with Crippen molar-refractivity contribution in [2.45, 2.75) is 12.6 Å². The van der Waals surface area contributed by atoms with Crippen LogP contribution in [0.2, 0.25) is 0 Å². The minimum absolute atomic E-state index is 0.0903. The highest BCUT2D eigenvalue weighted by atomic mass is 32.1. The molecule has 0 saturated carbocycles. The van der Waals surface area contributed by atoms with E-state index < -0.39 is 0 Å². The number of hydrogen-bond acceptors (Lipinski definition) is 5. The van der Waals surface area contributed by atoms with E-state index in [0.717, 1.165) is 20.9 Å². The smallest absolute Gasteiger partial charge is 0.262 e. The molecule has 158 valence electrons. The van der Waals surface area contributed by atoms with Gasteiger partial charge in [-0.3, -0.25) is 14.2 Å². The fourth-order valence-electron chi connectivity index (χ4n) is 3.60. The second-order valence-electron chi connectivity index (χ2n) is 7.30. The highest BCUT2D eigenvalue weighted by molar-refractivity contribution is 7.21. The molecule has 0 aliphatic carbocycles. The Labute approximate surface area is 192 Å². The number of benzene rings is 2. The predicted molar refractivity (Wildman–Crippen MR) is 130 cm³/mol. The first kappa shape index (κ1) is 20.4. The van der Waals surface area contributed by atoms with Gasteiger partial charge in [0.2, 0.25) is 5.91 Å². The van der Waals surface area contributed by atoms with Gasteiger partial charge < -0.3 is 5.32 Å². The van der Waals surface area contributed by atoms with Crippen molar-refractivity contribution in [2.24, 2.45) is 0 Å². The van der Waals surface area contributed by atoms with E-state index in [1.807, 2.05) is 84.2 Å². The third kappa shape index (κ3) is 4.12. The highest BCUT2D eigenvalue weighted by Gasteiger charge is 2.19. The molecule has 0 saturated heterocycles. The van der Waals surface area contributed by atoms with Crippen molar-refractivity contribution in [3.05, 3.63) is 111 Å². The zero-order chi connectivity index (χ0) is 21.9. The maximum atomic E-state index is 13.0. The summed E-state index contributed by atoms with van der Waals surface area (Å²) >= 11 is 3.06. The van der Waals surface area contributed by atoms with Crippen molar-refractivity contribution >= 4 is 38.8 Å². The maximum Gasteiger partial charge on any atom is 0.262 e. The lowest BCUT2D eigenvalue weighted by atomic mass is 10.1. The molecule has 0 bridgehead atoms. The number of hydrogen-bond donors (Lipinski definition) is 1. The lowest BCUT2D eigenvalue weighted by Gasteiger charge is -2.18. The molecule has 1 amide bonds. The van der Waals surface area contributed by atoms with Gasteiger partial charge in [-0.15, -0.1) is 22.7 Å². The summed E-state index contributed by atoms with van der Waals surface area (Å²) in [4.78, 5) is 33.1. The Morgan fingerprint density at radius 1 is 1.00 bits per heavy atom. The third-order valence-electron chi connectivity index (χ3n) is 5.16. The van der Waals surface area contributed by atoms with Crippen LogP contribution < -0.4 is 10.9 Å². The van der Waals surface area contributed by atoms with Crippen LogP contribution in [0.4, 0.5) is 0 Å². The first-order chi connectivity index (χ1) is 15.7. The van der Waals surface area contributed by atoms with Crippen LogP contribution in [0.5, 0.6) is 0 Å². The van der Waals surface area contributed by atoms with Crippen LogP contribution >= 0.6 is 22.7 Å². The fraction of sp³-hybridized carbons (Fsp3) is 0.0800. The Kier molecular flexibility index (Phi) is 5.66. The van der Waals surface area contributed by atoms with Gasteiger partial charge in [0.15, 0.2) is 0 Å². The zero-order valence-corrected chi connectivity index (χ0v) is 18.6. The Morgan fingerprint density at radius 3 is 2.47 bits per heavy atom. The standard InChI is InChI=1S/C25H19N3O2S2/c29-22(27-23(20-12-7-13-31-20)18-10-5-2-6-11-18)15-28-16-26-24-19(25(28)30)14-21(32-24)17-8-3-1-4-9-17/h1-14,16,23H,15H2,(H,27,29). The molecular formula is C25H19N3O2S2. The van der Waals surface area contributed by atoms with Crippen molar-refractivity contribution in [1.29, 1.82) is 0 Å². The summed E-state index contributed by atoms with van der Waals surface area (Å²) in [5, 5.41) is 5.59. The van der Waals surface area contributed by atoms with Gasteiger partial charge in [0.1, 0.15) is 11.4 Å². The van der Waals surface area contributed by atoms with E-state index in [-0.39, 0.29) is 24.1 Å². The molecule has 3 heterocycles. The minimum Gasteiger partial charge on any atom is -0.343 e. The van der Waals surface area contributed by atoms with Gasteiger partial charge in [0.25, 0.3) is 5.56 Å². The summed E-state index contributed by atoms with van der Waals surface area (Å²) in [6, 6.07) is 25.3. The van der Waals surface area contributed by atoms with Crippen LogP contribution in [-0.2, 0) is 11.3 Å². The van der Waals surface area contributed by atoms with Gasteiger partial charge in [-0.25, -0.2) is 4.98 Å². The zero-order valence-electron chi connectivity index (χ0n) is 17.0. The van der Waals surface area contributed by atoms with Crippen molar-refractivity contribution < 1.29 is 4.79 Å². The average Bonchev–Trinajstić information content (AvgIpc) is 3.51. The Hall–Kier alpha value is -3.55. The number of amides is 1. The molecule has 32 heavy (non-hydrogen) atoms. The minimum atomic E-state index is -0.262. The number of nitrogens with zero attached hydrogens (tertiary/aromatic N) is 2. The van der Waals surface area contributed by atoms with Crippen LogP contribution in [0.25, 0.3) is 20.7 Å². The normalized spacial score (nSPS) is 12.0. The van der Waals surface area contributed by atoms with Crippen molar-refractivity contribution in [3.63, 3.8) is 0 Å². The molecule has 1 unspecified atom stereocenters. The van der Waals surface area contributed by atoms with Gasteiger partial charge in [-0.1, -0.05) is 66.7 Å². The molecule has 0 aliphatic rings. The van der Waals surface area contributed by atoms with E-state index in [0.29, 0.717) is 10.2 Å². The molecule has 5 rings (SSSR count). The van der Waals surface area contributed by atoms with E-state index in [1.54, 1.807) is 11.3 Å². The topological polar surface area (TPSA) is 64.0 Å². The van der Waals surface area contributed by atoms with E-state index in [9.17, 15) is 9.59 Å². The van der Waals surface area contributed by atoms with Crippen LogP contribution in [0, 0.1) is 0 Å². The number of nitrogens with one attached hydrogen (secondary N) is 1. The van der Waals surface area contributed by atoms with Crippen LogP contribution in [0.3, 0.4) is 0 Å². The number of aromatic nitrogens is 2.